The fraction of sp³-hybridized carbons (Fsp3) is 0.778. The van der Waals surface area contributed by atoms with Crippen LogP contribution in [-0.2, 0) is 9.59 Å². The van der Waals surface area contributed by atoms with Crippen molar-refractivity contribution in [1.82, 2.24) is 5.32 Å². The molecule has 1 atom stereocenters. The van der Waals surface area contributed by atoms with Crippen LogP contribution in [0.25, 0.3) is 0 Å². The zero-order valence-corrected chi connectivity index (χ0v) is 7.01. The van der Waals surface area contributed by atoms with Crippen molar-refractivity contribution in [2.45, 2.75) is 25.7 Å². The third-order valence-corrected chi connectivity index (χ3v) is 2.63. The van der Waals surface area contributed by atoms with E-state index in [1.807, 2.05) is 0 Å². The average molecular weight is 167 g/mol. The first-order valence-electron chi connectivity index (χ1n) is 4.58. The van der Waals surface area contributed by atoms with Crippen LogP contribution in [0.1, 0.15) is 25.7 Å². The Morgan fingerprint density at radius 1 is 1.25 bits per heavy atom. The van der Waals surface area contributed by atoms with Gasteiger partial charge in [0.25, 0.3) is 0 Å². The van der Waals surface area contributed by atoms with E-state index < -0.39 is 0 Å². The second-order valence-corrected chi connectivity index (χ2v) is 3.72. The maximum atomic E-state index is 11.5. The van der Waals surface area contributed by atoms with E-state index in [9.17, 15) is 9.59 Å². The van der Waals surface area contributed by atoms with Crippen LogP contribution >= 0.6 is 0 Å². The van der Waals surface area contributed by atoms with Crippen LogP contribution in [0, 0.1) is 11.8 Å². The van der Waals surface area contributed by atoms with Crippen LogP contribution in [0.2, 0.25) is 0 Å². The molecule has 12 heavy (non-hydrogen) atoms. The molecule has 66 valence electrons. The molecule has 1 amide bonds. The summed E-state index contributed by atoms with van der Waals surface area (Å²) in [4.78, 5) is 22.5. The third-order valence-electron chi connectivity index (χ3n) is 2.63. The smallest absolute Gasteiger partial charge is 0.220 e. The lowest BCUT2D eigenvalue weighted by Crippen LogP contribution is -2.37. The van der Waals surface area contributed by atoms with Crippen molar-refractivity contribution in [2.24, 2.45) is 11.8 Å². The summed E-state index contributed by atoms with van der Waals surface area (Å²) in [5.41, 5.74) is 0. The molecule has 0 radical (unpaired) electrons. The molecule has 1 aliphatic heterocycles. The Labute approximate surface area is 71.5 Å². The van der Waals surface area contributed by atoms with Gasteiger partial charge in [0.15, 0.2) is 0 Å². The van der Waals surface area contributed by atoms with Gasteiger partial charge in [0.2, 0.25) is 5.91 Å². The SMILES string of the molecule is O=C1CC(C(=O)C2CC2)CCN1. The molecule has 0 aromatic carbocycles. The standard InChI is InChI=1S/C9H13NO2/c11-8-5-7(3-4-10-8)9(12)6-1-2-6/h6-7H,1-5H2,(H,10,11). The highest BCUT2D eigenvalue weighted by Gasteiger charge is 2.36. The molecule has 3 nitrogen and oxygen atoms in total. The van der Waals surface area contributed by atoms with Gasteiger partial charge in [-0.2, -0.15) is 0 Å². The van der Waals surface area contributed by atoms with Gasteiger partial charge in [-0.15, -0.1) is 0 Å². The molecular weight excluding hydrogens is 154 g/mol. The lowest BCUT2D eigenvalue weighted by Gasteiger charge is -2.20. The first-order valence-corrected chi connectivity index (χ1v) is 4.58. The molecule has 0 aromatic rings. The van der Waals surface area contributed by atoms with Crippen molar-refractivity contribution >= 4 is 11.7 Å². The maximum absolute atomic E-state index is 11.5. The molecule has 2 rings (SSSR count). The average Bonchev–Trinajstić information content (AvgIpc) is 2.85. The van der Waals surface area contributed by atoms with E-state index in [1.165, 1.54) is 0 Å². The van der Waals surface area contributed by atoms with E-state index in [-0.39, 0.29) is 11.8 Å². The molecule has 0 aromatic heterocycles. The number of nitrogens with one attached hydrogen (secondary N) is 1. The Balaban J connectivity index is 1.93. The molecule has 1 heterocycles. The van der Waals surface area contributed by atoms with E-state index >= 15 is 0 Å². The zero-order chi connectivity index (χ0) is 8.55. The molecule has 2 fully saturated rings. The Morgan fingerprint density at radius 2 is 2.00 bits per heavy atom. The number of amides is 1. The summed E-state index contributed by atoms with van der Waals surface area (Å²) in [6.07, 6.45) is 3.38. The van der Waals surface area contributed by atoms with Gasteiger partial charge in [0.1, 0.15) is 5.78 Å². The number of rotatable bonds is 2. The van der Waals surface area contributed by atoms with Gasteiger partial charge in [-0.1, -0.05) is 0 Å². The largest absolute Gasteiger partial charge is 0.356 e. The Bertz CT molecular complexity index is 221. The van der Waals surface area contributed by atoms with Crippen molar-refractivity contribution in [3.63, 3.8) is 0 Å². The highest BCUT2D eigenvalue weighted by atomic mass is 16.2. The van der Waals surface area contributed by atoms with Gasteiger partial charge < -0.3 is 5.32 Å². The summed E-state index contributed by atoms with van der Waals surface area (Å²) >= 11 is 0. The van der Waals surface area contributed by atoms with E-state index in [1.54, 1.807) is 0 Å². The lowest BCUT2D eigenvalue weighted by molar-refractivity contribution is -0.131. The van der Waals surface area contributed by atoms with Crippen molar-refractivity contribution in [3.8, 4) is 0 Å². The number of carbonyl (C=O) groups is 2. The molecule has 1 aliphatic carbocycles. The molecule has 1 saturated carbocycles. The van der Waals surface area contributed by atoms with Gasteiger partial charge in [0.05, 0.1) is 0 Å². The summed E-state index contributed by atoms with van der Waals surface area (Å²) in [7, 11) is 0. The molecule has 0 spiro atoms. The topological polar surface area (TPSA) is 46.2 Å². The van der Waals surface area contributed by atoms with Crippen LogP contribution in [0.5, 0.6) is 0 Å². The second-order valence-electron chi connectivity index (χ2n) is 3.72. The predicted molar refractivity (Wildman–Crippen MR) is 43.5 cm³/mol. The minimum absolute atomic E-state index is 0.0336. The van der Waals surface area contributed by atoms with Crippen molar-refractivity contribution in [2.75, 3.05) is 6.54 Å². The second kappa shape index (κ2) is 2.88. The first kappa shape index (κ1) is 7.77. The van der Waals surface area contributed by atoms with E-state index in [0.29, 0.717) is 24.7 Å². The number of Topliss-reactive ketones (excluding diaryl/α,β-unsaturated/α-hetero) is 1. The van der Waals surface area contributed by atoms with E-state index in [0.717, 1.165) is 19.3 Å². The Kier molecular flexibility index (Phi) is 1.87. The maximum Gasteiger partial charge on any atom is 0.220 e. The van der Waals surface area contributed by atoms with E-state index in [4.69, 9.17) is 0 Å². The minimum atomic E-state index is 0.0336. The van der Waals surface area contributed by atoms with Crippen molar-refractivity contribution < 1.29 is 9.59 Å². The van der Waals surface area contributed by atoms with Crippen molar-refractivity contribution in [3.05, 3.63) is 0 Å². The molecule has 2 aliphatic rings. The molecular formula is C9H13NO2. The number of hydrogen-bond donors (Lipinski definition) is 1. The highest BCUT2D eigenvalue weighted by Crippen LogP contribution is 2.34. The highest BCUT2D eigenvalue weighted by molar-refractivity contribution is 5.90. The van der Waals surface area contributed by atoms with Gasteiger partial charge in [0, 0.05) is 24.8 Å². The summed E-state index contributed by atoms with van der Waals surface area (Å²) in [5, 5.41) is 2.74. The van der Waals surface area contributed by atoms with Crippen LogP contribution in [-0.4, -0.2) is 18.2 Å². The first-order chi connectivity index (χ1) is 5.77. The Morgan fingerprint density at radius 3 is 2.58 bits per heavy atom. The van der Waals surface area contributed by atoms with Gasteiger partial charge in [-0.25, -0.2) is 0 Å². The number of hydrogen-bond acceptors (Lipinski definition) is 2. The Hall–Kier alpha value is -0.860. The fourth-order valence-corrected chi connectivity index (χ4v) is 1.73. The summed E-state index contributed by atoms with van der Waals surface area (Å²) < 4.78 is 0. The number of ketones is 1. The van der Waals surface area contributed by atoms with Gasteiger partial charge >= 0.3 is 0 Å². The molecule has 1 unspecified atom stereocenters. The molecule has 1 saturated heterocycles. The summed E-state index contributed by atoms with van der Waals surface area (Å²) in [6, 6.07) is 0. The van der Waals surface area contributed by atoms with Crippen LogP contribution in [0.3, 0.4) is 0 Å². The predicted octanol–water partition coefficient (Wildman–Crippen LogP) is 0.492. The molecule has 1 N–H and O–H groups in total. The monoisotopic (exact) mass is 167 g/mol. The molecule has 3 heteroatoms. The third kappa shape index (κ3) is 1.49. The van der Waals surface area contributed by atoms with Crippen molar-refractivity contribution in [1.29, 1.82) is 0 Å². The van der Waals surface area contributed by atoms with E-state index in [2.05, 4.69) is 5.32 Å². The molecule has 0 bridgehead atoms. The van der Waals surface area contributed by atoms with Gasteiger partial charge in [-0.3, -0.25) is 9.59 Å². The fourth-order valence-electron chi connectivity index (χ4n) is 1.73. The van der Waals surface area contributed by atoms with Crippen LogP contribution in [0.4, 0.5) is 0 Å². The number of piperidine rings is 1. The zero-order valence-electron chi connectivity index (χ0n) is 7.01. The minimum Gasteiger partial charge on any atom is -0.356 e. The van der Waals surface area contributed by atoms with Crippen LogP contribution in [0.15, 0.2) is 0 Å². The van der Waals surface area contributed by atoms with Crippen LogP contribution < -0.4 is 5.32 Å². The lowest BCUT2D eigenvalue weighted by atomic mass is 9.91. The summed E-state index contributed by atoms with van der Waals surface area (Å²) in [6.45, 7) is 0.682. The number of carbonyl (C=O) groups excluding carboxylic acids is 2. The quantitative estimate of drug-likeness (QED) is 0.650. The summed E-state index contributed by atoms with van der Waals surface area (Å²) in [5.74, 6) is 0.720. The van der Waals surface area contributed by atoms with Gasteiger partial charge in [-0.05, 0) is 19.3 Å². The normalized spacial score (nSPS) is 29.7.